The van der Waals surface area contributed by atoms with Gasteiger partial charge in [-0.1, -0.05) is 60.9 Å². The molecule has 1 aromatic heterocycles. The number of allylic oxidation sites excluding steroid dienone is 1. The fraction of sp³-hybridized carbons (Fsp3) is 0.476. The highest BCUT2D eigenvalue weighted by Gasteiger charge is 2.23. The molecule has 1 heterocycles. The monoisotopic (exact) mass is 384 g/mol. The molecule has 1 aromatic carbocycles. The highest BCUT2D eigenvalue weighted by Crippen LogP contribution is 2.28. The number of rotatable bonds is 7. The number of carbonyl (C=O) groups is 1. The normalized spacial score (nSPS) is 16.1. The van der Waals surface area contributed by atoms with Gasteiger partial charge in [-0.05, 0) is 32.8 Å². The minimum atomic E-state index is -0.218. The summed E-state index contributed by atoms with van der Waals surface area (Å²) in [6.07, 6.45) is 7.71. The first kappa shape index (κ1) is 19.7. The van der Waals surface area contributed by atoms with Crippen LogP contribution in [0.3, 0.4) is 0 Å². The van der Waals surface area contributed by atoms with Gasteiger partial charge >= 0.3 is 0 Å². The van der Waals surface area contributed by atoms with Gasteiger partial charge in [0.2, 0.25) is 5.91 Å². The number of hydrogen-bond acceptors (Lipinski definition) is 4. The Hall–Kier alpha value is -2.08. The van der Waals surface area contributed by atoms with E-state index in [0.717, 1.165) is 29.4 Å². The van der Waals surface area contributed by atoms with Crippen molar-refractivity contribution in [2.24, 2.45) is 0 Å². The Morgan fingerprint density at radius 2 is 2.15 bits per heavy atom. The summed E-state index contributed by atoms with van der Waals surface area (Å²) in [6, 6.07) is 8.53. The molecule has 0 bridgehead atoms. The molecule has 1 N–H and O–H groups in total. The average Bonchev–Trinajstić information content (AvgIpc) is 3.05. The van der Waals surface area contributed by atoms with Crippen molar-refractivity contribution in [2.45, 2.75) is 68.9 Å². The number of nitrogens with one attached hydrogen (secondary N) is 1. The summed E-state index contributed by atoms with van der Waals surface area (Å²) in [5, 5.41) is 12.5. The van der Waals surface area contributed by atoms with E-state index in [1.807, 2.05) is 29.7 Å². The number of nitrogens with zero attached hydrogens (tertiary/aromatic N) is 3. The van der Waals surface area contributed by atoms with E-state index in [1.165, 1.54) is 36.6 Å². The van der Waals surface area contributed by atoms with E-state index >= 15 is 0 Å². The number of aryl methyl sites for hydroxylation is 1. The first-order valence-corrected chi connectivity index (χ1v) is 10.5. The van der Waals surface area contributed by atoms with E-state index in [9.17, 15) is 4.79 Å². The van der Waals surface area contributed by atoms with Gasteiger partial charge in [0, 0.05) is 18.2 Å². The molecule has 1 saturated carbocycles. The molecule has 1 aliphatic carbocycles. The predicted molar refractivity (Wildman–Crippen MR) is 111 cm³/mol. The number of amides is 1. The molecule has 1 fully saturated rings. The Labute approximate surface area is 165 Å². The van der Waals surface area contributed by atoms with Gasteiger partial charge in [0.1, 0.15) is 0 Å². The van der Waals surface area contributed by atoms with Crippen molar-refractivity contribution in [3.05, 3.63) is 42.5 Å². The van der Waals surface area contributed by atoms with Crippen molar-refractivity contribution in [2.75, 3.05) is 0 Å². The molecule has 0 saturated heterocycles. The molecule has 0 aliphatic heterocycles. The lowest BCUT2D eigenvalue weighted by molar-refractivity contribution is -0.121. The van der Waals surface area contributed by atoms with Crippen molar-refractivity contribution in [1.82, 2.24) is 20.1 Å². The smallest absolute Gasteiger partial charge is 0.233 e. The quantitative estimate of drug-likeness (QED) is 0.569. The molecular weight excluding hydrogens is 356 g/mol. The van der Waals surface area contributed by atoms with Crippen molar-refractivity contribution in [1.29, 1.82) is 0 Å². The number of hydrogen-bond donors (Lipinski definition) is 1. The molecule has 27 heavy (non-hydrogen) atoms. The minimum absolute atomic E-state index is 0.0807. The van der Waals surface area contributed by atoms with Gasteiger partial charge in [0.25, 0.3) is 0 Å². The second kappa shape index (κ2) is 9.22. The van der Waals surface area contributed by atoms with E-state index in [-0.39, 0.29) is 11.2 Å². The van der Waals surface area contributed by atoms with Crippen LogP contribution in [0, 0.1) is 6.92 Å². The number of carbonyl (C=O) groups excluding carboxylic acids is 1. The average molecular weight is 385 g/mol. The molecule has 0 spiro atoms. The molecule has 2 aromatic rings. The highest BCUT2D eigenvalue weighted by atomic mass is 32.2. The van der Waals surface area contributed by atoms with Crippen LogP contribution in [0.15, 0.2) is 42.1 Å². The van der Waals surface area contributed by atoms with E-state index in [2.05, 4.69) is 41.1 Å². The minimum Gasteiger partial charge on any atom is -0.352 e. The van der Waals surface area contributed by atoms with Crippen LogP contribution in [0.5, 0.6) is 0 Å². The van der Waals surface area contributed by atoms with Gasteiger partial charge in [0.05, 0.1) is 5.25 Å². The van der Waals surface area contributed by atoms with Gasteiger partial charge in [-0.2, -0.15) is 0 Å². The fourth-order valence-electron chi connectivity index (χ4n) is 3.44. The Kier molecular flexibility index (Phi) is 6.72. The lowest BCUT2D eigenvalue weighted by Gasteiger charge is -2.24. The van der Waals surface area contributed by atoms with Crippen LogP contribution < -0.4 is 5.32 Å². The van der Waals surface area contributed by atoms with Crippen LogP contribution >= 0.6 is 11.8 Å². The molecule has 3 rings (SSSR count). The Balaban J connectivity index is 1.73. The van der Waals surface area contributed by atoms with Gasteiger partial charge in [0.15, 0.2) is 11.0 Å². The number of benzene rings is 1. The summed E-state index contributed by atoms with van der Waals surface area (Å²) < 4.78 is 2.02. The van der Waals surface area contributed by atoms with Crippen molar-refractivity contribution in [3.8, 4) is 11.4 Å². The summed E-state index contributed by atoms with van der Waals surface area (Å²) in [5.74, 6) is 0.887. The van der Waals surface area contributed by atoms with Crippen LogP contribution in [0.25, 0.3) is 11.4 Å². The third kappa shape index (κ3) is 5.01. The zero-order chi connectivity index (χ0) is 19.2. The van der Waals surface area contributed by atoms with Crippen molar-refractivity contribution in [3.63, 3.8) is 0 Å². The summed E-state index contributed by atoms with van der Waals surface area (Å²) >= 11 is 1.46. The van der Waals surface area contributed by atoms with Crippen LogP contribution in [0.1, 0.15) is 44.6 Å². The van der Waals surface area contributed by atoms with Gasteiger partial charge < -0.3 is 5.32 Å². The number of thioether (sulfide) groups is 1. The fourth-order valence-corrected chi connectivity index (χ4v) is 4.31. The third-order valence-corrected chi connectivity index (χ3v) is 5.99. The summed E-state index contributed by atoms with van der Waals surface area (Å²) in [7, 11) is 0. The van der Waals surface area contributed by atoms with Gasteiger partial charge in [-0.3, -0.25) is 9.36 Å². The van der Waals surface area contributed by atoms with E-state index < -0.39 is 0 Å². The Bertz CT molecular complexity index is 795. The van der Waals surface area contributed by atoms with Crippen LogP contribution in [0.2, 0.25) is 0 Å². The van der Waals surface area contributed by atoms with E-state index in [1.54, 1.807) is 0 Å². The standard InChI is InChI=1S/C21H28N4OS/c1-4-13-25-19(17-10-8-9-15(2)14-17)23-24-21(25)27-16(3)20(26)22-18-11-6-5-7-12-18/h4,8-10,14,16,18H,1,5-7,11-13H2,2-3H3,(H,22,26). The van der Waals surface area contributed by atoms with E-state index in [0.29, 0.717) is 12.6 Å². The molecule has 1 amide bonds. The van der Waals surface area contributed by atoms with Crippen molar-refractivity contribution >= 4 is 17.7 Å². The molecule has 1 unspecified atom stereocenters. The molecule has 1 aliphatic rings. The molecule has 1 atom stereocenters. The summed E-state index contributed by atoms with van der Waals surface area (Å²) in [4.78, 5) is 12.6. The van der Waals surface area contributed by atoms with Gasteiger partial charge in [-0.15, -0.1) is 16.8 Å². The largest absolute Gasteiger partial charge is 0.352 e. The molecule has 144 valence electrons. The van der Waals surface area contributed by atoms with E-state index in [4.69, 9.17) is 0 Å². The maximum atomic E-state index is 12.6. The maximum absolute atomic E-state index is 12.6. The first-order valence-electron chi connectivity index (χ1n) is 9.66. The zero-order valence-corrected chi connectivity index (χ0v) is 17.0. The molecule has 6 heteroatoms. The van der Waals surface area contributed by atoms with Crippen molar-refractivity contribution < 1.29 is 4.79 Å². The summed E-state index contributed by atoms with van der Waals surface area (Å²) in [6.45, 7) is 8.46. The lowest BCUT2D eigenvalue weighted by Crippen LogP contribution is -2.40. The van der Waals surface area contributed by atoms with Crippen LogP contribution in [-0.2, 0) is 11.3 Å². The molecular formula is C21H28N4OS. The van der Waals surface area contributed by atoms with Gasteiger partial charge in [-0.25, -0.2) is 0 Å². The number of aromatic nitrogens is 3. The first-order chi connectivity index (χ1) is 13.1. The topological polar surface area (TPSA) is 59.8 Å². The van der Waals surface area contributed by atoms with Crippen LogP contribution in [-0.4, -0.2) is 32.0 Å². The highest BCUT2D eigenvalue weighted by molar-refractivity contribution is 8.00. The SMILES string of the molecule is C=CCn1c(SC(C)C(=O)NC2CCCCC2)nnc1-c1cccc(C)c1. The second-order valence-electron chi connectivity index (χ2n) is 7.18. The third-order valence-electron chi connectivity index (χ3n) is 4.91. The lowest BCUT2D eigenvalue weighted by atomic mass is 9.95. The molecule has 0 radical (unpaired) electrons. The second-order valence-corrected chi connectivity index (χ2v) is 8.49. The van der Waals surface area contributed by atoms with Crippen LogP contribution in [0.4, 0.5) is 0 Å². The Morgan fingerprint density at radius 1 is 1.37 bits per heavy atom. The summed E-state index contributed by atoms with van der Waals surface area (Å²) in [5.41, 5.74) is 2.20. The predicted octanol–water partition coefficient (Wildman–Crippen LogP) is 4.37. The zero-order valence-electron chi connectivity index (χ0n) is 16.1. The maximum Gasteiger partial charge on any atom is 0.233 e. The Morgan fingerprint density at radius 3 is 2.85 bits per heavy atom. The molecule has 5 nitrogen and oxygen atoms in total.